The first-order chi connectivity index (χ1) is 14.5. The van der Waals surface area contributed by atoms with E-state index in [0.29, 0.717) is 17.9 Å². The van der Waals surface area contributed by atoms with Crippen LogP contribution in [-0.2, 0) is 19.0 Å². The Hall–Kier alpha value is -3.10. The van der Waals surface area contributed by atoms with E-state index < -0.39 is 12.1 Å². The van der Waals surface area contributed by atoms with Gasteiger partial charge < -0.3 is 29.0 Å². The highest BCUT2D eigenvalue weighted by molar-refractivity contribution is 5.94. The average Bonchev–Trinajstić information content (AvgIpc) is 3.56. The number of esters is 1. The minimum atomic E-state index is -0.586. The number of carbonyl (C=O) groups excluding carboxylic acids is 2. The van der Waals surface area contributed by atoms with E-state index >= 15 is 0 Å². The van der Waals surface area contributed by atoms with Gasteiger partial charge in [0, 0.05) is 22.9 Å². The highest BCUT2D eigenvalue weighted by Crippen LogP contribution is 2.32. The fourth-order valence-corrected chi connectivity index (χ4v) is 2.59. The summed E-state index contributed by atoms with van der Waals surface area (Å²) in [4.78, 5) is 23.3. The van der Waals surface area contributed by atoms with Gasteiger partial charge in [0.15, 0.2) is 0 Å². The number of fused-ring (bicyclic) bond motifs is 1. The highest BCUT2D eigenvalue weighted by atomic mass is 16.6. The third-order valence-corrected chi connectivity index (χ3v) is 4.20. The Morgan fingerprint density at radius 1 is 1.10 bits per heavy atom. The van der Waals surface area contributed by atoms with Crippen LogP contribution in [0.5, 0.6) is 11.5 Å². The van der Waals surface area contributed by atoms with E-state index in [0.717, 1.165) is 23.1 Å². The van der Waals surface area contributed by atoms with Gasteiger partial charge in [-0.1, -0.05) is 30.8 Å². The van der Waals surface area contributed by atoms with Crippen LogP contribution in [0.2, 0.25) is 0 Å². The van der Waals surface area contributed by atoms with Crippen molar-refractivity contribution in [2.24, 2.45) is 0 Å². The number of ether oxygens (including phenoxy) is 5. The van der Waals surface area contributed by atoms with Crippen LogP contribution in [0.3, 0.4) is 0 Å². The second kappa shape index (κ2) is 10.6. The Morgan fingerprint density at radius 2 is 1.80 bits per heavy atom. The van der Waals surface area contributed by atoms with E-state index in [1.807, 2.05) is 24.3 Å². The first kappa shape index (κ1) is 21.6. The van der Waals surface area contributed by atoms with Crippen molar-refractivity contribution in [1.82, 2.24) is 5.32 Å². The minimum absolute atomic E-state index is 0.128. The maximum Gasteiger partial charge on any atom is 0.412 e. The van der Waals surface area contributed by atoms with Crippen LogP contribution in [0.4, 0.5) is 4.79 Å². The van der Waals surface area contributed by atoms with Gasteiger partial charge in [0.1, 0.15) is 30.8 Å². The van der Waals surface area contributed by atoms with Gasteiger partial charge in [0.25, 0.3) is 0 Å². The fraction of sp³-hybridized carbons (Fsp3) is 0.364. The molecule has 8 heteroatoms. The van der Waals surface area contributed by atoms with Gasteiger partial charge in [-0.25, -0.2) is 9.59 Å². The smallest absolute Gasteiger partial charge is 0.412 e. The molecule has 8 nitrogen and oxygen atoms in total. The lowest BCUT2D eigenvalue weighted by atomic mass is 10.1. The van der Waals surface area contributed by atoms with E-state index in [1.54, 1.807) is 19.1 Å². The summed E-state index contributed by atoms with van der Waals surface area (Å²) in [7, 11) is 0. The summed E-state index contributed by atoms with van der Waals surface area (Å²) in [5, 5.41) is 4.25. The van der Waals surface area contributed by atoms with Gasteiger partial charge in [0.2, 0.25) is 0 Å². The average molecular weight is 415 g/mol. The van der Waals surface area contributed by atoms with Gasteiger partial charge in [-0.05, 0) is 19.1 Å². The maximum absolute atomic E-state index is 12.1. The van der Waals surface area contributed by atoms with E-state index in [-0.39, 0.29) is 32.5 Å². The van der Waals surface area contributed by atoms with Crippen molar-refractivity contribution in [3.63, 3.8) is 0 Å². The van der Waals surface area contributed by atoms with Crippen LogP contribution in [0, 0.1) is 0 Å². The Morgan fingerprint density at radius 3 is 2.50 bits per heavy atom. The first-order valence-corrected chi connectivity index (χ1v) is 9.67. The van der Waals surface area contributed by atoms with Crippen LogP contribution in [0.1, 0.15) is 6.92 Å². The summed E-state index contributed by atoms with van der Waals surface area (Å²) in [6, 6.07) is 11.0. The SMILES string of the molecule is C=C(C)C(=O)OCCOCCNC(=O)Oc1cccc2c(OCC3CO3)cccc12. The second-order valence-electron chi connectivity index (χ2n) is 6.72. The number of rotatable bonds is 11. The molecular formula is C22H25NO7. The predicted octanol–water partition coefficient (Wildman–Crippen LogP) is 2.84. The van der Waals surface area contributed by atoms with Crippen molar-refractivity contribution in [2.45, 2.75) is 13.0 Å². The summed E-state index contributed by atoms with van der Waals surface area (Å²) < 4.78 is 26.6. The molecule has 0 aromatic heterocycles. The molecule has 1 N–H and O–H groups in total. The lowest BCUT2D eigenvalue weighted by Gasteiger charge is -2.12. The lowest BCUT2D eigenvalue weighted by Crippen LogP contribution is -2.30. The molecule has 0 radical (unpaired) electrons. The van der Waals surface area contributed by atoms with Crippen molar-refractivity contribution in [1.29, 1.82) is 0 Å². The van der Waals surface area contributed by atoms with Crippen LogP contribution in [0.25, 0.3) is 10.8 Å². The third-order valence-electron chi connectivity index (χ3n) is 4.20. The molecule has 0 spiro atoms. The van der Waals surface area contributed by atoms with Gasteiger partial charge in [-0.2, -0.15) is 0 Å². The number of hydrogen-bond acceptors (Lipinski definition) is 7. The molecule has 1 amide bonds. The molecule has 2 aromatic carbocycles. The number of nitrogens with one attached hydrogen (secondary N) is 1. The van der Waals surface area contributed by atoms with E-state index in [4.69, 9.17) is 23.7 Å². The van der Waals surface area contributed by atoms with Crippen molar-refractivity contribution in [3.05, 3.63) is 48.6 Å². The van der Waals surface area contributed by atoms with Crippen molar-refractivity contribution in [3.8, 4) is 11.5 Å². The molecule has 30 heavy (non-hydrogen) atoms. The molecule has 0 aliphatic carbocycles. The molecule has 3 rings (SSSR count). The standard InChI is InChI=1S/C22H25NO7/c1-15(2)21(24)27-12-11-26-10-9-23-22(25)30-20-8-4-5-17-18(20)6-3-7-19(17)29-14-16-13-28-16/h3-8,16H,1,9-14H2,2H3,(H,23,25). The Labute approximate surface area is 174 Å². The zero-order valence-corrected chi connectivity index (χ0v) is 16.8. The molecule has 0 saturated carbocycles. The molecule has 1 saturated heterocycles. The Balaban J connectivity index is 1.43. The van der Waals surface area contributed by atoms with E-state index in [2.05, 4.69) is 11.9 Å². The van der Waals surface area contributed by atoms with Crippen molar-refractivity contribution in [2.75, 3.05) is 39.6 Å². The molecule has 1 atom stereocenters. The van der Waals surface area contributed by atoms with Crippen LogP contribution >= 0.6 is 0 Å². The number of carbonyl (C=O) groups is 2. The fourth-order valence-electron chi connectivity index (χ4n) is 2.59. The minimum Gasteiger partial charge on any atom is -0.490 e. The van der Waals surface area contributed by atoms with Crippen LogP contribution in [0.15, 0.2) is 48.6 Å². The molecule has 0 bridgehead atoms. The topological polar surface area (TPSA) is 95.6 Å². The zero-order chi connectivity index (χ0) is 21.3. The first-order valence-electron chi connectivity index (χ1n) is 9.67. The van der Waals surface area contributed by atoms with Crippen LogP contribution in [-0.4, -0.2) is 57.7 Å². The molecule has 1 aliphatic rings. The molecule has 1 heterocycles. The van der Waals surface area contributed by atoms with Gasteiger partial charge in [0.05, 0.1) is 19.8 Å². The summed E-state index contributed by atoms with van der Waals surface area (Å²) in [5.74, 6) is 0.699. The quantitative estimate of drug-likeness (QED) is 0.261. The van der Waals surface area contributed by atoms with E-state index in [1.165, 1.54) is 0 Å². The van der Waals surface area contributed by atoms with Crippen molar-refractivity contribution >= 4 is 22.8 Å². The Bertz CT molecular complexity index is 907. The monoisotopic (exact) mass is 415 g/mol. The number of benzene rings is 2. The molecule has 1 fully saturated rings. The normalized spacial score (nSPS) is 14.8. The molecule has 1 aliphatic heterocycles. The number of hydrogen-bond donors (Lipinski definition) is 1. The maximum atomic E-state index is 12.1. The number of amides is 1. The number of epoxide rings is 1. The molecule has 1 unspecified atom stereocenters. The zero-order valence-electron chi connectivity index (χ0n) is 16.8. The summed E-state index contributed by atoms with van der Waals surface area (Å²) >= 11 is 0. The van der Waals surface area contributed by atoms with Gasteiger partial charge in [-0.3, -0.25) is 0 Å². The summed E-state index contributed by atoms with van der Waals surface area (Å²) in [6.45, 7) is 7.16. The highest BCUT2D eigenvalue weighted by Gasteiger charge is 2.23. The lowest BCUT2D eigenvalue weighted by molar-refractivity contribution is -0.140. The van der Waals surface area contributed by atoms with E-state index in [9.17, 15) is 9.59 Å². The van der Waals surface area contributed by atoms with Crippen molar-refractivity contribution < 1.29 is 33.3 Å². The second-order valence-corrected chi connectivity index (χ2v) is 6.72. The summed E-state index contributed by atoms with van der Waals surface area (Å²) in [5.41, 5.74) is 0.337. The molecular weight excluding hydrogens is 390 g/mol. The van der Waals surface area contributed by atoms with Crippen LogP contribution < -0.4 is 14.8 Å². The van der Waals surface area contributed by atoms with Gasteiger partial charge >= 0.3 is 12.1 Å². The summed E-state index contributed by atoms with van der Waals surface area (Å²) in [6.07, 6.45) is -0.427. The largest absolute Gasteiger partial charge is 0.490 e. The van der Waals surface area contributed by atoms with Gasteiger partial charge in [-0.15, -0.1) is 0 Å². The Kier molecular flexibility index (Phi) is 7.64. The molecule has 160 valence electrons. The molecule has 2 aromatic rings. The third kappa shape index (κ3) is 6.47. The predicted molar refractivity (Wildman–Crippen MR) is 110 cm³/mol.